The number of hydrazone groups is 1. The van der Waals surface area contributed by atoms with Crippen molar-refractivity contribution in [1.29, 1.82) is 5.26 Å². The third-order valence-electron chi connectivity index (χ3n) is 3.59. The Hall–Kier alpha value is -3.51. The van der Waals surface area contributed by atoms with Gasteiger partial charge >= 0.3 is 0 Å². The van der Waals surface area contributed by atoms with E-state index in [-0.39, 0.29) is 18.3 Å². The van der Waals surface area contributed by atoms with E-state index in [0.29, 0.717) is 22.2 Å². The van der Waals surface area contributed by atoms with E-state index in [1.807, 2.05) is 30.3 Å². The fourth-order valence-corrected chi connectivity index (χ4v) is 3.01. The number of ether oxygens (including phenoxy) is 2. The first-order valence-electron chi connectivity index (χ1n) is 8.27. The first-order chi connectivity index (χ1) is 13.7. The summed E-state index contributed by atoms with van der Waals surface area (Å²) in [5.74, 6) is 0.877. The van der Waals surface area contributed by atoms with Gasteiger partial charge in [-0.25, -0.2) is 10.4 Å². The molecular formula is C19H17N5O3S. The van der Waals surface area contributed by atoms with Crippen molar-refractivity contribution in [3.8, 4) is 17.6 Å². The molecule has 2 N–H and O–H groups in total. The molecule has 0 spiro atoms. The monoisotopic (exact) mass is 395 g/mol. The Morgan fingerprint density at radius 1 is 1.36 bits per heavy atom. The predicted octanol–water partition coefficient (Wildman–Crippen LogP) is 2.72. The van der Waals surface area contributed by atoms with Gasteiger partial charge in [0.1, 0.15) is 6.07 Å². The molecule has 8 nitrogen and oxygen atoms in total. The molecule has 0 atom stereocenters. The Labute approximate surface area is 165 Å². The van der Waals surface area contributed by atoms with Crippen molar-refractivity contribution in [2.75, 3.05) is 19.5 Å². The number of thioether (sulfide) groups is 1. The normalized spacial score (nSPS) is 10.7. The molecule has 28 heavy (non-hydrogen) atoms. The molecule has 0 saturated heterocycles. The highest BCUT2D eigenvalue weighted by Crippen LogP contribution is 2.27. The second-order valence-electron chi connectivity index (χ2n) is 5.50. The highest BCUT2D eigenvalue weighted by molar-refractivity contribution is 7.99. The summed E-state index contributed by atoms with van der Waals surface area (Å²) in [7, 11) is 1.51. The van der Waals surface area contributed by atoms with Crippen molar-refractivity contribution in [2.45, 2.75) is 5.16 Å². The molecule has 0 radical (unpaired) electrons. The van der Waals surface area contributed by atoms with Gasteiger partial charge in [0.25, 0.3) is 5.91 Å². The number of H-pyrrole nitrogens is 1. The van der Waals surface area contributed by atoms with Crippen molar-refractivity contribution in [2.24, 2.45) is 5.10 Å². The Balaban J connectivity index is 1.52. The summed E-state index contributed by atoms with van der Waals surface area (Å²) in [5.41, 5.74) is 4.98. The van der Waals surface area contributed by atoms with Crippen molar-refractivity contribution in [3.63, 3.8) is 0 Å². The van der Waals surface area contributed by atoms with E-state index in [2.05, 4.69) is 20.5 Å². The maximum Gasteiger partial charge on any atom is 0.250 e. The largest absolute Gasteiger partial charge is 0.493 e. The summed E-state index contributed by atoms with van der Waals surface area (Å²) < 4.78 is 10.5. The highest BCUT2D eigenvalue weighted by atomic mass is 32.2. The third-order valence-corrected chi connectivity index (χ3v) is 4.46. The van der Waals surface area contributed by atoms with Gasteiger partial charge in [0.15, 0.2) is 23.3 Å². The molecule has 2 aromatic carbocycles. The first-order valence-corrected chi connectivity index (χ1v) is 9.25. The zero-order valence-electron chi connectivity index (χ0n) is 15.0. The molecule has 9 heteroatoms. The van der Waals surface area contributed by atoms with Crippen LogP contribution in [0, 0.1) is 11.3 Å². The third kappa shape index (κ3) is 5.02. The lowest BCUT2D eigenvalue weighted by atomic mass is 10.2. The van der Waals surface area contributed by atoms with Crippen LogP contribution in [0.4, 0.5) is 0 Å². The van der Waals surface area contributed by atoms with Crippen LogP contribution >= 0.6 is 11.8 Å². The van der Waals surface area contributed by atoms with Crippen molar-refractivity contribution in [3.05, 3.63) is 48.0 Å². The first kappa shape index (κ1) is 19.3. The SMILES string of the molecule is COc1cc(/C=N/NC(=O)CSc2nc3ccccc3[nH]2)ccc1OCC#N. The van der Waals surface area contributed by atoms with Gasteiger partial charge < -0.3 is 14.5 Å². The number of benzene rings is 2. The van der Waals surface area contributed by atoms with Crippen LogP contribution in [-0.2, 0) is 4.79 Å². The number of hydrogen-bond donors (Lipinski definition) is 2. The second-order valence-corrected chi connectivity index (χ2v) is 6.46. The molecule has 1 heterocycles. The maximum absolute atomic E-state index is 12.0. The van der Waals surface area contributed by atoms with Gasteiger partial charge in [0, 0.05) is 0 Å². The van der Waals surface area contributed by atoms with E-state index in [1.54, 1.807) is 18.2 Å². The van der Waals surface area contributed by atoms with Crippen LogP contribution in [0.15, 0.2) is 52.7 Å². The number of nitrogens with one attached hydrogen (secondary N) is 2. The molecule has 3 aromatic rings. The van der Waals surface area contributed by atoms with Crippen LogP contribution in [-0.4, -0.2) is 41.6 Å². The molecule has 142 valence electrons. The summed E-state index contributed by atoms with van der Waals surface area (Å²) in [6.07, 6.45) is 1.50. The minimum absolute atomic E-state index is 0.0667. The lowest BCUT2D eigenvalue weighted by Crippen LogP contribution is -2.19. The molecule has 0 aliphatic carbocycles. The van der Waals surface area contributed by atoms with Crippen LogP contribution in [0.1, 0.15) is 5.56 Å². The number of aromatic amines is 1. The average Bonchev–Trinajstić information content (AvgIpc) is 3.14. The van der Waals surface area contributed by atoms with Gasteiger partial charge in [-0.3, -0.25) is 4.79 Å². The molecule has 1 amide bonds. The van der Waals surface area contributed by atoms with Gasteiger partial charge in [-0.2, -0.15) is 10.4 Å². The zero-order chi connectivity index (χ0) is 19.8. The summed E-state index contributed by atoms with van der Waals surface area (Å²) in [4.78, 5) is 19.5. The molecule has 0 unspecified atom stereocenters. The number of fused-ring (bicyclic) bond motifs is 1. The Kier molecular flexibility index (Phi) is 6.49. The molecule has 1 aromatic heterocycles. The Morgan fingerprint density at radius 3 is 3.00 bits per heavy atom. The number of nitriles is 1. The molecule has 0 saturated carbocycles. The topological polar surface area (TPSA) is 112 Å². The minimum atomic E-state index is -0.248. The number of carbonyl (C=O) groups excluding carboxylic acids is 1. The van der Waals surface area contributed by atoms with Crippen LogP contribution in [0.3, 0.4) is 0 Å². The molecule has 0 aliphatic rings. The van der Waals surface area contributed by atoms with Gasteiger partial charge in [-0.1, -0.05) is 23.9 Å². The van der Waals surface area contributed by atoms with E-state index in [4.69, 9.17) is 14.7 Å². The van der Waals surface area contributed by atoms with Crippen LogP contribution in [0.25, 0.3) is 11.0 Å². The summed E-state index contributed by atoms with van der Waals surface area (Å²) in [6.45, 7) is -0.0667. The van der Waals surface area contributed by atoms with Crippen molar-refractivity contribution < 1.29 is 14.3 Å². The van der Waals surface area contributed by atoms with E-state index < -0.39 is 0 Å². The van der Waals surface area contributed by atoms with Crippen molar-refractivity contribution >= 4 is 34.9 Å². The van der Waals surface area contributed by atoms with Gasteiger partial charge in [0.05, 0.1) is 30.1 Å². The average molecular weight is 395 g/mol. The quantitative estimate of drug-likeness (QED) is 0.344. The standard InChI is InChI=1S/C19H17N5O3S/c1-26-17-10-13(6-7-16(17)27-9-8-20)11-21-24-18(25)12-28-19-22-14-4-2-3-5-15(14)23-19/h2-7,10-11H,9,12H2,1H3,(H,22,23)(H,24,25)/b21-11+. The highest BCUT2D eigenvalue weighted by Gasteiger charge is 2.07. The number of hydrogen-bond acceptors (Lipinski definition) is 7. The maximum atomic E-state index is 12.0. The Morgan fingerprint density at radius 2 is 2.21 bits per heavy atom. The van der Waals surface area contributed by atoms with Crippen LogP contribution < -0.4 is 14.9 Å². The molecule has 0 bridgehead atoms. The smallest absolute Gasteiger partial charge is 0.250 e. The lowest BCUT2D eigenvalue weighted by molar-refractivity contribution is -0.118. The summed E-state index contributed by atoms with van der Waals surface area (Å²) >= 11 is 1.30. The number of carbonyl (C=O) groups is 1. The zero-order valence-corrected chi connectivity index (χ0v) is 15.8. The number of nitrogens with zero attached hydrogens (tertiary/aromatic N) is 3. The number of methoxy groups -OCH3 is 1. The number of amides is 1. The fourth-order valence-electron chi connectivity index (χ4n) is 2.34. The van der Waals surface area contributed by atoms with Crippen LogP contribution in [0.2, 0.25) is 0 Å². The van der Waals surface area contributed by atoms with E-state index >= 15 is 0 Å². The number of aromatic nitrogens is 2. The predicted molar refractivity (Wildman–Crippen MR) is 107 cm³/mol. The number of rotatable bonds is 8. The molecule has 3 rings (SSSR count). The second kappa shape index (κ2) is 9.43. The fraction of sp³-hybridized carbons (Fsp3) is 0.158. The number of para-hydroxylation sites is 2. The van der Waals surface area contributed by atoms with E-state index in [9.17, 15) is 4.79 Å². The molecule has 0 fully saturated rings. The number of imidazole rings is 1. The van der Waals surface area contributed by atoms with E-state index in [0.717, 1.165) is 11.0 Å². The minimum Gasteiger partial charge on any atom is -0.493 e. The van der Waals surface area contributed by atoms with Gasteiger partial charge in [0.2, 0.25) is 0 Å². The van der Waals surface area contributed by atoms with Gasteiger partial charge in [-0.05, 0) is 35.9 Å². The lowest BCUT2D eigenvalue weighted by Gasteiger charge is -2.08. The van der Waals surface area contributed by atoms with E-state index in [1.165, 1.54) is 25.1 Å². The summed E-state index contributed by atoms with van der Waals surface area (Å²) in [5, 5.41) is 13.2. The van der Waals surface area contributed by atoms with Crippen molar-refractivity contribution in [1.82, 2.24) is 15.4 Å². The molecular weight excluding hydrogens is 378 g/mol. The van der Waals surface area contributed by atoms with Gasteiger partial charge in [-0.15, -0.1) is 0 Å². The Bertz CT molecular complexity index is 1010. The summed E-state index contributed by atoms with van der Waals surface area (Å²) in [6, 6.07) is 14.7. The van der Waals surface area contributed by atoms with Crippen LogP contribution in [0.5, 0.6) is 11.5 Å². The molecule has 0 aliphatic heterocycles.